The van der Waals surface area contributed by atoms with Crippen molar-refractivity contribution >= 4 is 54.0 Å². The van der Waals surface area contributed by atoms with E-state index in [1.54, 1.807) is 0 Å². The Labute approximate surface area is 212 Å². The SMILES string of the molecule is CSCCC(N)C(=O)NC(CC(N)=O)C(=O)NC(CS)C(=O)NC(Cc1ccc(O)cc1)C(=O)O. The maximum absolute atomic E-state index is 12.7. The number of benzene rings is 1. The van der Waals surface area contributed by atoms with Crippen LogP contribution >= 0.6 is 24.4 Å². The van der Waals surface area contributed by atoms with Crippen molar-refractivity contribution in [3.8, 4) is 5.75 Å². The average Bonchev–Trinajstić information content (AvgIpc) is 2.80. The minimum atomic E-state index is -1.39. The summed E-state index contributed by atoms with van der Waals surface area (Å²) in [6.45, 7) is 0. The van der Waals surface area contributed by atoms with Crippen LogP contribution in [-0.4, -0.2) is 81.7 Å². The molecule has 0 spiro atoms. The maximum atomic E-state index is 12.7. The number of carbonyl (C=O) groups excluding carboxylic acids is 4. The summed E-state index contributed by atoms with van der Waals surface area (Å²) in [6.07, 6.45) is 1.57. The number of phenolic OH excluding ortho intramolecular Hbond substituents is 1. The second kappa shape index (κ2) is 15.1. The third kappa shape index (κ3) is 10.9. The molecule has 0 aromatic heterocycles. The molecule has 0 aliphatic heterocycles. The summed E-state index contributed by atoms with van der Waals surface area (Å²) in [5, 5.41) is 25.9. The molecule has 1 rings (SSSR count). The maximum Gasteiger partial charge on any atom is 0.326 e. The summed E-state index contributed by atoms with van der Waals surface area (Å²) in [5.74, 6) is -4.14. The van der Waals surface area contributed by atoms with Gasteiger partial charge in [-0.1, -0.05) is 12.1 Å². The van der Waals surface area contributed by atoms with Crippen LogP contribution in [-0.2, 0) is 30.4 Å². The van der Waals surface area contributed by atoms with E-state index in [0.29, 0.717) is 17.7 Å². The fourth-order valence-corrected chi connectivity index (χ4v) is 3.62. The van der Waals surface area contributed by atoms with Crippen molar-refractivity contribution in [3.63, 3.8) is 0 Å². The van der Waals surface area contributed by atoms with Crippen LogP contribution in [0.5, 0.6) is 5.75 Å². The van der Waals surface area contributed by atoms with Gasteiger partial charge in [0.2, 0.25) is 23.6 Å². The van der Waals surface area contributed by atoms with Gasteiger partial charge in [-0.3, -0.25) is 19.2 Å². The molecule has 0 aliphatic carbocycles. The van der Waals surface area contributed by atoms with E-state index in [0.717, 1.165) is 0 Å². The average molecular weight is 530 g/mol. The number of primary amides is 1. The molecule has 0 aliphatic rings. The van der Waals surface area contributed by atoms with Gasteiger partial charge in [-0.25, -0.2) is 4.79 Å². The third-order valence-electron chi connectivity index (χ3n) is 4.81. The van der Waals surface area contributed by atoms with Gasteiger partial charge in [0, 0.05) is 12.2 Å². The molecule has 0 radical (unpaired) electrons. The lowest BCUT2D eigenvalue weighted by Crippen LogP contribution is -2.58. The zero-order valence-electron chi connectivity index (χ0n) is 19.1. The Balaban J connectivity index is 2.86. The normalized spacial score (nSPS) is 14.1. The summed E-state index contributed by atoms with van der Waals surface area (Å²) in [4.78, 5) is 60.8. The van der Waals surface area contributed by atoms with Crippen molar-refractivity contribution in [2.75, 3.05) is 17.8 Å². The van der Waals surface area contributed by atoms with E-state index in [-0.39, 0.29) is 17.9 Å². The Morgan fingerprint density at radius 3 is 2.03 bits per heavy atom. The molecule has 194 valence electrons. The van der Waals surface area contributed by atoms with E-state index >= 15 is 0 Å². The molecule has 4 atom stereocenters. The minimum Gasteiger partial charge on any atom is -0.508 e. The highest BCUT2D eigenvalue weighted by Crippen LogP contribution is 2.11. The number of amides is 4. The van der Waals surface area contributed by atoms with Crippen molar-refractivity contribution in [3.05, 3.63) is 29.8 Å². The van der Waals surface area contributed by atoms with Gasteiger partial charge >= 0.3 is 5.97 Å². The molecule has 0 heterocycles. The summed E-state index contributed by atoms with van der Waals surface area (Å²) in [5.41, 5.74) is 11.5. The molecule has 4 amide bonds. The van der Waals surface area contributed by atoms with Gasteiger partial charge in [0.25, 0.3) is 0 Å². The highest BCUT2D eigenvalue weighted by atomic mass is 32.2. The fourth-order valence-electron chi connectivity index (χ4n) is 2.87. The number of nitrogens with two attached hydrogens (primary N) is 2. The van der Waals surface area contributed by atoms with E-state index in [2.05, 4.69) is 28.6 Å². The molecular weight excluding hydrogens is 498 g/mol. The first-order valence-corrected chi connectivity index (χ1v) is 12.6. The second-order valence-corrected chi connectivity index (χ2v) is 8.98. The molecular formula is C21H31N5O7S2. The molecule has 4 unspecified atom stereocenters. The Morgan fingerprint density at radius 1 is 0.971 bits per heavy atom. The van der Waals surface area contributed by atoms with Crippen molar-refractivity contribution in [1.29, 1.82) is 0 Å². The van der Waals surface area contributed by atoms with Crippen LogP contribution < -0.4 is 27.4 Å². The van der Waals surface area contributed by atoms with Crippen molar-refractivity contribution < 1.29 is 34.2 Å². The number of carboxylic acid groups (broad SMARTS) is 1. The molecule has 1 aromatic carbocycles. The number of nitrogens with one attached hydrogen (secondary N) is 3. The molecule has 1 aromatic rings. The van der Waals surface area contributed by atoms with E-state index in [9.17, 15) is 34.2 Å². The zero-order valence-corrected chi connectivity index (χ0v) is 20.8. The van der Waals surface area contributed by atoms with Crippen LogP contribution in [0.2, 0.25) is 0 Å². The Kier molecular flexibility index (Phi) is 13.0. The van der Waals surface area contributed by atoms with Crippen molar-refractivity contribution in [1.82, 2.24) is 16.0 Å². The minimum absolute atomic E-state index is 0.00493. The number of aromatic hydroxyl groups is 1. The first-order valence-electron chi connectivity index (χ1n) is 10.5. The monoisotopic (exact) mass is 529 g/mol. The second-order valence-electron chi connectivity index (χ2n) is 7.63. The molecule has 14 heteroatoms. The third-order valence-corrected chi connectivity index (χ3v) is 5.82. The first kappa shape index (κ1) is 30.1. The van der Waals surface area contributed by atoms with Gasteiger partial charge in [-0.2, -0.15) is 24.4 Å². The van der Waals surface area contributed by atoms with Gasteiger partial charge in [-0.05, 0) is 36.1 Å². The Morgan fingerprint density at radius 2 is 1.51 bits per heavy atom. The lowest BCUT2D eigenvalue weighted by Gasteiger charge is -2.24. The summed E-state index contributed by atoms with van der Waals surface area (Å²) < 4.78 is 0. The standard InChI is InChI=1S/C21H31N5O7S2/c1-35-7-6-13(22)18(29)24-14(9-17(23)28)19(30)26-16(10-34)20(31)25-15(21(32)33)8-11-2-4-12(27)5-3-11/h2-5,13-16,27,34H,6-10,22H2,1H3,(H2,23,28)(H,24,29)(H,25,31)(H,26,30)(H,32,33). The topological polar surface area (TPSA) is 214 Å². The van der Waals surface area contributed by atoms with Crippen LogP contribution in [0.25, 0.3) is 0 Å². The number of carboxylic acids is 1. The van der Waals surface area contributed by atoms with E-state index in [4.69, 9.17) is 11.5 Å². The number of carbonyl (C=O) groups is 5. The molecule has 0 bridgehead atoms. The van der Waals surface area contributed by atoms with Gasteiger partial charge in [0.1, 0.15) is 23.9 Å². The molecule has 0 saturated carbocycles. The van der Waals surface area contributed by atoms with E-state index in [1.807, 2.05) is 6.26 Å². The predicted octanol–water partition coefficient (Wildman–Crippen LogP) is -1.64. The predicted molar refractivity (Wildman–Crippen MR) is 134 cm³/mol. The highest BCUT2D eigenvalue weighted by molar-refractivity contribution is 7.98. The number of hydrogen-bond donors (Lipinski definition) is 8. The Hall–Kier alpha value is -2.97. The molecule has 9 N–H and O–H groups in total. The number of aliphatic carboxylic acids is 1. The first-order chi connectivity index (χ1) is 16.5. The van der Waals surface area contributed by atoms with Crippen molar-refractivity contribution in [2.45, 2.75) is 43.4 Å². The number of thioether (sulfide) groups is 1. The summed E-state index contributed by atoms with van der Waals surface area (Å²) in [6, 6.07) is 0.882. The van der Waals surface area contributed by atoms with Crippen LogP contribution in [0.4, 0.5) is 0 Å². The van der Waals surface area contributed by atoms with Gasteiger partial charge in [0.15, 0.2) is 0 Å². The lowest BCUT2D eigenvalue weighted by molar-refractivity contribution is -0.142. The molecule has 0 fully saturated rings. The number of thiol groups is 1. The van der Waals surface area contributed by atoms with Crippen LogP contribution in [0, 0.1) is 0 Å². The summed E-state index contributed by atoms with van der Waals surface area (Å²) >= 11 is 5.53. The highest BCUT2D eigenvalue weighted by Gasteiger charge is 2.30. The smallest absolute Gasteiger partial charge is 0.326 e. The van der Waals surface area contributed by atoms with Gasteiger partial charge in [-0.15, -0.1) is 0 Å². The molecule has 12 nitrogen and oxygen atoms in total. The molecule has 0 saturated heterocycles. The molecule has 35 heavy (non-hydrogen) atoms. The van der Waals surface area contributed by atoms with Gasteiger partial charge < -0.3 is 37.6 Å². The van der Waals surface area contributed by atoms with Crippen LogP contribution in [0.1, 0.15) is 18.4 Å². The van der Waals surface area contributed by atoms with E-state index in [1.165, 1.54) is 36.0 Å². The summed E-state index contributed by atoms with van der Waals surface area (Å²) in [7, 11) is 0. The van der Waals surface area contributed by atoms with Crippen LogP contribution in [0.15, 0.2) is 24.3 Å². The fraction of sp³-hybridized carbons (Fsp3) is 0.476. The number of hydrogen-bond acceptors (Lipinski definition) is 9. The number of phenols is 1. The quantitative estimate of drug-likeness (QED) is 0.122. The van der Waals surface area contributed by atoms with Crippen LogP contribution in [0.3, 0.4) is 0 Å². The number of rotatable bonds is 15. The van der Waals surface area contributed by atoms with E-state index < -0.39 is 60.2 Å². The van der Waals surface area contributed by atoms with Crippen molar-refractivity contribution in [2.24, 2.45) is 11.5 Å². The largest absolute Gasteiger partial charge is 0.508 e. The van der Waals surface area contributed by atoms with Gasteiger partial charge in [0.05, 0.1) is 12.5 Å². The Bertz CT molecular complexity index is 901. The lowest BCUT2D eigenvalue weighted by atomic mass is 10.1. The zero-order chi connectivity index (χ0) is 26.5.